The molecule has 4 N–H and O–H groups in total. The van der Waals surface area contributed by atoms with Gasteiger partial charge in [0.2, 0.25) is 0 Å². The van der Waals surface area contributed by atoms with Crippen LogP contribution in [-0.4, -0.2) is 16.3 Å². The highest BCUT2D eigenvalue weighted by Crippen LogP contribution is 2.24. The molecule has 0 bridgehead atoms. The summed E-state index contributed by atoms with van der Waals surface area (Å²) in [6.07, 6.45) is -3.02. The average Bonchev–Trinajstić information content (AvgIpc) is 2.21. The third-order valence-electron chi connectivity index (χ3n) is 2.04. The largest absolute Gasteiger partial charge is 0.396 e. The average molecular weight is 210 g/mol. The van der Waals surface area contributed by atoms with Crippen LogP contribution in [0.25, 0.3) is 0 Å². The molecule has 0 saturated carbocycles. The van der Waals surface area contributed by atoms with Gasteiger partial charge in [-0.3, -0.25) is 0 Å². The first-order valence-corrected chi connectivity index (χ1v) is 4.35. The first kappa shape index (κ1) is 11.4. The second kappa shape index (κ2) is 4.73. The molecule has 0 saturated heterocycles. The lowest BCUT2D eigenvalue weighted by molar-refractivity contribution is 0.0196. The fourth-order valence-corrected chi connectivity index (χ4v) is 1.21. The highest BCUT2D eigenvalue weighted by Gasteiger charge is 2.21. The van der Waals surface area contributed by atoms with Crippen molar-refractivity contribution in [3.63, 3.8) is 0 Å². The van der Waals surface area contributed by atoms with E-state index in [1.165, 1.54) is 18.2 Å². The van der Waals surface area contributed by atoms with Gasteiger partial charge in [-0.25, -0.2) is 4.39 Å². The minimum Gasteiger partial charge on any atom is -0.396 e. The van der Waals surface area contributed by atoms with Gasteiger partial charge in [-0.15, -0.1) is 0 Å². The Morgan fingerprint density at radius 2 is 2.13 bits per heavy atom. The zero-order chi connectivity index (χ0) is 11.4. The van der Waals surface area contributed by atoms with Gasteiger partial charge in [-0.2, -0.15) is 5.26 Å². The van der Waals surface area contributed by atoms with E-state index < -0.39 is 18.0 Å². The van der Waals surface area contributed by atoms with Crippen molar-refractivity contribution < 1.29 is 14.6 Å². The number of nitriles is 1. The molecular weight excluding hydrogens is 199 g/mol. The minimum atomic E-state index is -1.44. The normalized spacial score (nSPS) is 14.3. The number of nitrogens with zero attached hydrogens (tertiary/aromatic N) is 1. The maximum absolute atomic E-state index is 13.4. The molecule has 0 heterocycles. The van der Waals surface area contributed by atoms with E-state index in [2.05, 4.69) is 0 Å². The molecule has 0 spiro atoms. The Balaban J connectivity index is 2.96. The summed E-state index contributed by atoms with van der Waals surface area (Å²) in [4.78, 5) is 0. The molecule has 80 valence electrons. The van der Waals surface area contributed by atoms with Crippen LogP contribution in [0.3, 0.4) is 0 Å². The van der Waals surface area contributed by atoms with E-state index in [-0.39, 0.29) is 17.7 Å². The molecule has 0 fully saturated rings. The number of halogens is 1. The molecule has 15 heavy (non-hydrogen) atoms. The Morgan fingerprint density at radius 1 is 1.47 bits per heavy atom. The topological polar surface area (TPSA) is 90.3 Å². The molecule has 0 aliphatic carbocycles. The third kappa shape index (κ3) is 2.43. The van der Waals surface area contributed by atoms with Crippen LogP contribution < -0.4 is 5.73 Å². The number of anilines is 1. The number of rotatable bonds is 3. The molecule has 5 heteroatoms. The van der Waals surface area contributed by atoms with Crippen LogP contribution in [0.4, 0.5) is 10.1 Å². The maximum atomic E-state index is 13.4. The number of hydrogen-bond acceptors (Lipinski definition) is 4. The highest BCUT2D eigenvalue weighted by atomic mass is 19.1. The molecule has 0 amide bonds. The predicted octanol–water partition coefficient (Wildman–Crippen LogP) is 0.716. The van der Waals surface area contributed by atoms with Gasteiger partial charge in [0.1, 0.15) is 6.10 Å². The molecular formula is C10H11FN2O2. The number of nitrogens with two attached hydrogens (primary N) is 1. The minimum absolute atomic E-state index is 0.0993. The van der Waals surface area contributed by atoms with Crippen molar-refractivity contribution in [1.29, 1.82) is 5.26 Å². The first-order valence-electron chi connectivity index (χ1n) is 4.35. The van der Waals surface area contributed by atoms with Crippen molar-refractivity contribution in [3.05, 3.63) is 29.6 Å². The molecule has 1 aromatic carbocycles. The zero-order valence-electron chi connectivity index (χ0n) is 7.89. The molecule has 0 radical (unpaired) electrons. The first-order chi connectivity index (χ1) is 7.07. The van der Waals surface area contributed by atoms with Gasteiger partial charge in [-0.1, -0.05) is 12.1 Å². The van der Waals surface area contributed by atoms with E-state index in [0.717, 1.165) is 0 Å². The smallest absolute Gasteiger partial charge is 0.151 e. The number of hydrogen-bond donors (Lipinski definition) is 3. The van der Waals surface area contributed by atoms with Gasteiger partial charge in [-0.05, 0) is 6.07 Å². The number of nitrogen functional groups attached to an aromatic ring is 1. The van der Waals surface area contributed by atoms with Crippen molar-refractivity contribution in [2.24, 2.45) is 0 Å². The Bertz CT molecular complexity index is 389. The summed E-state index contributed by atoms with van der Waals surface area (Å²) in [6.45, 7) is 0. The summed E-state index contributed by atoms with van der Waals surface area (Å²) in [5.41, 5.74) is 5.10. The van der Waals surface area contributed by atoms with E-state index in [1.54, 1.807) is 6.07 Å². The second-order valence-corrected chi connectivity index (χ2v) is 3.12. The predicted molar refractivity (Wildman–Crippen MR) is 52.0 cm³/mol. The Kier molecular flexibility index (Phi) is 3.61. The van der Waals surface area contributed by atoms with Crippen LogP contribution in [0.5, 0.6) is 0 Å². The fraction of sp³-hybridized carbons (Fsp3) is 0.300. The summed E-state index contributed by atoms with van der Waals surface area (Å²) < 4.78 is 13.4. The van der Waals surface area contributed by atoms with Gasteiger partial charge in [0.25, 0.3) is 0 Å². The molecule has 4 nitrogen and oxygen atoms in total. The SMILES string of the molecule is N#CCC(O)C(O)c1cccc(N)c1F. The molecule has 0 aliphatic rings. The lowest BCUT2D eigenvalue weighted by Crippen LogP contribution is -2.19. The van der Waals surface area contributed by atoms with Crippen molar-refractivity contribution in [2.45, 2.75) is 18.6 Å². The van der Waals surface area contributed by atoms with Crippen LogP contribution in [0, 0.1) is 17.1 Å². The summed E-state index contributed by atoms with van der Waals surface area (Å²) in [6, 6.07) is 5.82. The summed E-state index contributed by atoms with van der Waals surface area (Å²) in [7, 11) is 0. The fourth-order valence-electron chi connectivity index (χ4n) is 1.21. The van der Waals surface area contributed by atoms with Gasteiger partial charge < -0.3 is 15.9 Å². The Labute approximate surface area is 86.4 Å². The zero-order valence-corrected chi connectivity index (χ0v) is 7.89. The molecule has 0 aromatic heterocycles. The van der Waals surface area contributed by atoms with Gasteiger partial charge in [0.15, 0.2) is 5.82 Å². The van der Waals surface area contributed by atoms with Crippen LogP contribution >= 0.6 is 0 Å². The lowest BCUT2D eigenvalue weighted by atomic mass is 10.0. The summed E-state index contributed by atoms with van der Waals surface area (Å²) >= 11 is 0. The van der Waals surface area contributed by atoms with Crippen LogP contribution in [0.2, 0.25) is 0 Å². The third-order valence-corrected chi connectivity index (χ3v) is 2.04. The van der Waals surface area contributed by atoms with Crippen molar-refractivity contribution in [3.8, 4) is 6.07 Å². The van der Waals surface area contributed by atoms with E-state index in [4.69, 9.17) is 11.0 Å². The van der Waals surface area contributed by atoms with E-state index >= 15 is 0 Å². The number of benzene rings is 1. The maximum Gasteiger partial charge on any atom is 0.151 e. The summed E-state index contributed by atoms with van der Waals surface area (Å²) in [5.74, 6) is -0.762. The number of aliphatic hydroxyl groups is 2. The Morgan fingerprint density at radius 3 is 2.73 bits per heavy atom. The highest BCUT2D eigenvalue weighted by molar-refractivity contribution is 5.43. The Hall–Kier alpha value is -1.64. The van der Waals surface area contributed by atoms with Gasteiger partial charge >= 0.3 is 0 Å². The van der Waals surface area contributed by atoms with E-state index in [9.17, 15) is 14.6 Å². The van der Waals surface area contributed by atoms with Crippen LogP contribution in [-0.2, 0) is 0 Å². The van der Waals surface area contributed by atoms with Crippen molar-refractivity contribution in [1.82, 2.24) is 0 Å². The van der Waals surface area contributed by atoms with Gasteiger partial charge in [0, 0.05) is 5.56 Å². The van der Waals surface area contributed by atoms with Crippen molar-refractivity contribution >= 4 is 5.69 Å². The molecule has 1 aromatic rings. The summed E-state index contributed by atoms with van der Waals surface area (Å²) in [5, 5.41) is 27.2. The van der Waals surface area contributed by atoms with E-state index in [0.29, 0.717) is 0 Å². The lowest BCUT2D eigenvalue weighted by Gasteiger charge is -2.16. The number of aliphatic hydroxyl groups excluding tert-OH is 2. The molecule has 0 aliphatic heterocycles. The standard InChI is InChI=1S/C10H11FN2O2/c11-9-6(2-1-3-7(9)13)10(15)8(14)4-5-12/h1-3,8,10,14-15H,4,13H2. The van der Waals surface area contributed by atoms with Gasteiger partial charge in [0.05, 0.1) is 24.3 Å². The quantitative estimate of drug-likeness (QED) is 0.641. The van der Waals surface area contributed by atoms with Crippen LogP contribution in [0.15, 0.2) is 18.2 Å². The molecule has 2 unspecified atom stereocenters. The molecule has 2 atom stereocenters. The van der Waals surface area contributed by atoms with Crippen molar-refractivity contribution in [2.75, 3.05) is 5.73 Å². The monoisotopic (exact) mass is 210 g/mol. The van der Waals surface area contributed by atoms with E-state index in [1.807, 2.05) is 0 Å². The molecule has 1 rings (SSSR count). The van der Waals surface area contributed by atoms with Crippen LogP contribution in [0.1, 0.15) is 18.1 Å². The second-order valence-electron chi connectivity index (χ2n) is 3.12.